The van der Waals surface area contributed by atoms with Crippen LogP contribution in [-0.4, -0.2) is 16.9 Å². The van der Waals surface area contributed by atoms with Crippen LogP contribution >= 0.6 is 23.2 Å². The molecule has 1 unspecified atom stereocenters. The van der Waals surface area contributed by atoms with Gasteiger partial charge in [-0.25, -0.2) is 4.79 Å². The molecule has 1 amide bonds. The van der Waals surface area contributed by atoms with Crippen LogP contribution in [0.3, 0.4) is 0 Å². The molecule has 0 fully saturated rings. The molecule has 34 heavy (non-hydrogen) atoms. The smallest absolute Gasteiger partial charge is 0.340 e. The van der Waals surface area contributed by atoms with Crippen LogP contribution in [0.1, 0.15) is 40.2 Å². The number of anilines is 1. The van der Waals surface area contributed by atoms with Crippen LogP contribution in [0.15, 0.2) is 72.8 Å². The number of pyridine rings is 1. The Balaban J connectivity index is 1.72. The van der Waals surface area contributed by atoms with Gasteiger partial charge in [-0.05, 0) is 43.2 Å². The highest BCUT2D eigenvalue weighted by molar-refractivity contribution is 6.35. The molecule has 0 bridgehead atoms. The van der Waals surface area contributed by atoms with Gasteiger partial charge in [0.05, 0.1) is 11.1 Å². The Morgan fingerprint density at radius 2 is 1.62 bits per heavy atom. The molecule has 0 spiro atoms. The number of benzene rings is 3. The fourth-order valence-electron chi connectivity index (χ4n) is 3.87. The highest BCUT2D eigenvalue weighted by atomic mass is 35.5. The molecule has 0 radical (unpaired) electrons. The van der Waals surface area contributed by atoms with Gasteiger partial charge in [-0.15, -0.1) is 0 Å². The topological polar surface area (TPSA) is 68.3 Å². The van der Waals surface area contributed by atoms with Gasteiger partial charge in [0.15, 0.2) is 0 Å². The second-order valence-electron chi connectivity index (χ2n) is 7.77. The zero-order valence-electron chi connectivity index (χ0n) is 18.6. The number of para-hydroxylation sites is 1. The summed E-state index contributed by atoms with van der Waals surface area (Å²) in [5.74, 6) is -1.12. The molecule has 0 aliphatic carbocycles. The van der Waals surface area contributed by atoms with Crippen LogP contribution in [-0.2, 0) is 16.0 Å². The van der Waals surface area contributed by atoms with Gasteiger partial charge in [0.1, 0.15) is 0 Å². The summed E-state index contributed by atoms with van der Waals surface area (Å²) in [7, 11) is 0. The Morgan fingerprint density at radius 3 is 2.29 bits per heavy atom. The van der Waals surface area contributed by atoms with Gasteiger partial charge in [-0.2, -0.15) is 0 Å². The number of fused-ring (bicyclic) bond motifs is 1. The highest BCUT2D eigenvalue weighted by Crippen LogP contribution is 2.29. The highest BCUT2D eigenvalue weighted by Gasteiger charge is 2.28. The molecule has 4 rings (SSSR count). The van der Waals surface area contributed by atoms with Crippen molar-refractivity contribution in [3.05, 3.63) is 105 Å². The van der Waals surface area contributed by atoms with Crippen LogP contribution in [0.4, 0.5) is 5.69 Å². The molecule has 3 aromatic carbocycles. The Kier molecular flexibility index (Phi) is 7.15. The maximum atomic E-state index is 13.5. The number of carbonyl (C=O) groups excluding carboxylic acids is 2. The number of aryl methyl sites for hydroxylation is 1. The van der Waals surface area contributed by atoms with Crippen molar-refractivity contribution in [1.82, 2.24) is 4.98 Å². The van der Waals surface area contributed by atoms with Crippen LogP contribution in [0, 0.1) is 6.92 Å². The molecule has 172 valence electrons. The summed E-state index contributed by atoms with van der Waals surface area (Å²) in [4.78, 5) is 31.5. The van der Waals surface area contributed by atoms with Crippen LogP contribution in [0.5, 0.6) is 0 Å². The second kappa shape index (κ2) is 10.2. The molecule has 1 N–H and O–H groups in total. The van der Waals surface area contributed by atoms with Gasteiger partial charge in [-0.1, -0.05) is 78.7 Å². The van der Waals surface area contributed by atoms with E-state index in [-0.39, 0.29) is 0 Å². The number of ether oxygens (including phenoxy) is 1. The zero-order chi connectivity index (χ0) is 24.2. The first kappa shape index (κ1) is 23.7. The van der Waals surface area contributed by atoms with E-state index in [0.29, 0.717) is 44.2 Å². The fraction of sp³-hybridized carbons (Fsp3) is 0.148. The summed E-state index contributed by atoms with van der Waals surface area (Å²) in [5, 5.41) is 4.19. The lowest BCUT2D eigenvalue weighted by molar-refractivity contribution is -0.125. The molecule has 0 aliphatic heterocycles. The van der Waals surface area contributed by atoms with Gasteiger partial charge in [-0.3, -0.25) is 9.78 Å². The van der Waals surface area contributed by atoms with Crippen LogP contribution < -0.4 is 5.32 Å². The first-order valence-corrected chi connectivity index (χ1v) is 11.5. The van der Waals surface area contributed by atoms with Crippen molar-refractivity contribution in [3.63, 3.8) is 0 Å². The van der Waals surface area contributed by atoms with E-state index in [1.54, 1.807) is 42.5 Å². The number of rotatable bonds is 6. The Bertz CT molecular complexity index is 1350. The van der Waals surface area contributed by atoms with E-state index in [1.165, 1.54) is 0 Å². The normalized spacial score (nSPS) is 11.8. The number of nitrogens with zero attached hydrogens (tertiary/aromatic N) is 1. The van der Waals surface area contributed by atoms with E-state index in [9.17, 15) is 9.59 Å². The Morgan fingerprint density at radius 1 is 0.971 bits per heavy atom. The lowest BCUT2D eigenvalue weighted by Crippen LogP contribution is -2.26. The standard InChI is InChI=1S/C27H22Cl2N2O3/c1-3-22-16(2)24(21-11-7-8-12-23(21)31-22)27(33)34-25(17-9-5-4-6-10-17)26(32)30-20-14-18(28)13-19(29)15-20/h4-15,25H,3H2,1-2H3,(H,30,32). The molecule has 1 heterocycles. The number of aromatic nitrogens is 1. The van der Waals surface area contributed by atoms with Gasteiger partial charge in [0.2, 0.25) is 6.10 Å². The van der Waals surface area contributed by atoms with Crippen molar-refractivity contribution in [1.29, 1.82) is 0 Å². The monoisotopic (exact) mass is 492 g/mol. The third-order valence-corrected chi connectivity index (χ3v) is 5.91. The maximum absolute atomic E-state index is 13.5. The number of hydrogen-bond acceptors (Lipinski definition) is 4. The zero-order valence-corrected chi connectivity index (χ0v) is 20.2. The average molecular weight is 493 g/mol. The minimum atomic E-state index is -1.19. The fourth-order valence-corrected chi connectivity index (χ4v) is 4.39. The molecule has 5 nitrogen and oxygen atoms in total. The molecule has 1 atom stereocenters. The minimum absolute atomic E-state index is 0.377. The SMILES string of the molecule is CCc1nc2ccccc2c(C(=O)OC(C(=O)Nc2cc(Cl)cc(Cl)c2)c2ccccc2)c1C. The summed E-state index contributed by atoms with van der Waals surface area (Å²) in [6, 6.07) is 21.0. The summed E-state index contributed by atoms with van der Waals surface area (Å²) in [6.07, 6.45) is -0.530. The number of hydrogen-bond donors (Lipinski definition) is 1. The first-order chi connectivity index (χ1) is 16.4. The third-order valence-electron chi connectivity index (χ3n) is 5.47. The number of carbonyl (C=O) groups is 2. The minimum Gasteiger partial charge on any atom is -0.444 e. The molecule has 4 aromatic rings. The molecular formula is C27H22Cl2N2O3. The molecule has 0 saturated heterocycles. The summed E-state index contributed by atoms with van der Waals surface area (Å²) < 4.78 is 5.86. The third kappa shape index (κ3) is 5.06. The van der Waals surface area contributed by atoms with Crippen LogP contribution in [0.25, 0.3) is 10.9 Å². The number of halogens is 2. The van der Waals surface area contributed by atoms with Crippen molar-refractivity contribution < 1.29 is 14.3 Å². The lowest BCUT2D eigenvalue weighted by Gasteiger charge is -2.20. The van der Waals surface area contributed by atoms with E-state index in [0.717, 1.165) is 11.3 Å². The molecule has 1 aromatic heterocycles. The largest absolute Gasteiger partial charge is 0.444 e. The van der Waals surface area contributed by atoms with E-state index in [1.807, 2.05) is 44.2 Å². The van der Waals surface area contributed by atoms with E-state index in [2.05, 4.69) is 10.3 Å². The number of amides is 1. The van der Waals surface area contributed by atoms with Crippen molar-refractivity contribution in [2.45, 2.75) is 26.4 Å². The number of esters is 1. The predicted molar refractivity (Wildman–Crippen MR) is 136 cm³/mol. The van der Waals surface area contributed by atoms with E-state index < -0.39 is 18.0 Å². The summed E-state index contributed by atoms with van der Waals surface area (Å²) >= 11 is 12.1. The van der Waals surface area contributed by atoms with Gasteiger partial charge < -0.3 is 10.1 Å². The Labute approximate surface area is 207 Å². The molecule has 0 saturated carbocycles. The summed E-state index contributed by atoms with van der Waals surface area (Å²) in [6.45, 7) is 3.83. The maximum Gasteiger partial charge on any atom is 0.340 e. The van der Waals surface area contributed by atoms with Crippen molar-refractivity contribution in [2.24, 2.45) is 0 Å². The van der Waals surface area contributed by atoms with E-state index >= 15 is 0 Å². The quantitative estimate of drug-likeness (QED) is 0.295. The van der Waals surface area contributed by atoms with E-state index in [4.69, 9.17) is 27.9 Å². The number of nitrogens with one attached hydrogen (secondary N) is 1. The van der Waals surface area contributed by atoms with Crippen LogP contribution in [0.2, 0.25) is 10.0 Å². The van der Waals surface area contributed by atoms with Gasteiger partial charge in [0, 0.05) is 32.4 Å². The second-order valence-corrected chi connectivity index (χ2v) is 8.65. The Hall–Kier alpha value is -3.41. The van der Waals surface area contributed by atoms with Crippen molar-refractivity contribution in [2.75, 3.05) is 5.32 Å². The summed E-state index contributed by atoms with van der Waals surface area (Å²) in [5.41, 5.74) is 3.58. The van der Waals surface area contributed by atoms with Gasteiger partial charge in [0.25, 0.3) is 5.91 Å². The van der Waals surface area contributed by atoms with Crippen molar-refractivity contribution >= 4 is 51.7 Å². The molecular weight excluding hydrogens is 471 g/mol. The average Bonchev–Trinajstić information content (AvgIpc) is 2.81. The first-order valence-electron chi connectivity index (χ1n) is 10.8. The molecule has 0 aliphatic rings. The predicted octanol–water partition coefficient (Wildman–Crippen LogP) is 6.95. The lowest BCUT2D eigenvalue weighted by atomic mass is 10.00. The van der Waals surface area contributed by atoms with Crippen molar-refractivity contribution in [3.8, 4) is 0 Å². The van der Waals surface area contributed by atoms with Gasteiger partial charge >= 0.3 is 5.97 Å². The molecule has 7 heteroatoms.